The van der Waals surface area contributed by atoms with Gasteiger partial charge in [-0.25, -0.2) is 9.18 Å². The molecule has 176 valence electrons. The third-order valence-corrected chi connectivity index (χ3v) is 5.74. The zero-order chi connectivity index (χ0) is 24.5. The van der Waals surface area contributed by atoms with Crippen molar-refractivity contribution < 1.29 is 28.7 Å². The molecule has 0 bridgehead atoms. The Bertz CT molecular complexity index is 1130. The highest BCUT2D eigenvalue weighted by atomic mass is 19.1. The molecule has 1 aromatic carbocycles. The van der Waals surface area contributed by atoms with Crippen LogP contribution in [0, 0.1) is 18.2 Å². The molecular formula is C24H28FN3O5. The summed E-state index contributed by atoms with van der Waals surface area (Å²) in [4.78, 5) is 50.2. The number of aliphatic carboxylic acids is 1. The summed E-state index contributed by atoms with van der Waals surface area (Å²) in [6.45, 7) is 7.00. The number of aromatic nitrogens is 1. The molecule has 33 heavy (non-hydrogen) atoms. The average Bonchev–Trinajstić information content (AvgIpc) is 3.12. The standard InChI is InChI=1S/C24H28FN3O5/c1-13-11-14(8-9-16(13)25)26-21(30)15-12-18(28-10-6-5-7-17(15)28)19(29)22(31)27-20(23(32)33)24(2,3)4/h8-9,11-12,20H,5-7,10H2,1-4H3,(H,26,30)(H,27,31)(H,32,33). The van der Waals surface area contributed by atoms with Crippen LogP contribution in [0.15, 0.2) is 24.3 Å². The summed E-state index contributed by atoms with van der Waals surface area (Å²) in [6.07, 6.45) is 2.16. The van der Waals surface area contributed by atoms with Crippen LogP contribution < -0.4 is 10.6 Å². The first-order chi connectivity index (χ1) is 15.4. The van der Waals surface area contributed by atoms with Gasteiger partial charge in [-0.3, -0.25) is 14.4 Å². The van der Waals surface area contributed by atoms with Gasteiger partial charge in [0, 0.05) is 17.9 Å². The number of carbonyl (C=O) groups excluding carboxylic acids is 3. The summed E-state index contributed by atoms with van der Waals surface area (Å²) in [5, 5.41) is 14.5. The SMILES string of the molecule is Cc1cc(NC(=O)c2cc(C(=O)C(=O)NC(C(=O)O)C(C)(C)C)n3c2CCCC3)ccc1F. The number of nitrogens with one attached hydrogen (secondary N) is 2. The molecular weight excluding hydrogens is 429 g/mol. The van der Waals surface area contributed by atoms with E-state index in [0.717, 1.165) is 12.8 Å². The maximum Gasteiger partial charge on any atom is 0.326 e. The van der Waals surface area contributed by atoms with Crippen molar-refractivity contribution in [2.24, 2.45) is 5.41 Å². The van der Waals surface area contributed by atoms with Crippen LogP contribution >= 0.6 is 0 Å². The van der Waals surface area contributed by atoms with E-state index in [0.29, 0.717) is 29.9 Å². The first-order valence-electron chi connectivity index (χ1n) is 10.8. The number of carboxylic acids is 1. The number of fused-ring (bicyclic) bond motifs is 1. The number of hydrogen-bond donors (Lipinski definition) is 3. The molecule has 3 N–H and O–H groups in total. The maximum atomic E-state index is 13.5. The topological polar surface area (TPSA) is 118 Å². The quantitative estimate of drug-likeness (QED) is 0.454. The minimum atomic E-state index is -1.26. The second-order valence-corrected chi connectivity index (χ2v) is 9.36. The Kier molecular flexibility index (Phi) is 6.71. The summed E-state index contributed by atoms with van der Waals surface area (Å²) in [6, 6.07) is 4.33. The largest absolute Gasteiger partial charge is 0.480 e. The molecule has 1 unspecified atom stereocenters. The van der Waals surface area contributed by atoms with Crippen LogP contribution in [-0.4, -0.2) is 39.3 Å². The number of benzene rings is 1. The predicted octanol–water partition coefficient (Wildman–Crippen LogP) is 3.32. The Morgan fingerprint density at radius 2 is 1.82 bits per heavy atom. The second-order valence-electron chi connectivity index (χ2n) is 9.36. The highest BCUT2D eigenvalue weighted by molar-refractivity contribution is 6.43. The Morgan fingerprint density at radius 1 is 1.12 bits per heavy atom. The molecule has 3 rings (SSSR count). The molecule has 0 radical (unpaired) electrons. The van der Waals surface area contributed by atoms with Gasteiger partial charge in [0.1, 0.15) is 11.9 Å². The van der Waals surface area contributed by atoms with E-state index in [1.165, 1.54) is 24.3 Å². The van der Waals surface area contributed by atoms with Gasteiger partial charge in [-0.2, -0.15) is 0 Å². The maximum absolute atomic E-state index is 13.5. The summed E-state index contributed by atoms with van der Waals surface area (Å²) in [5.74, 6) is -4.03. The van der Waals surface area contributed by atoms with Crippen LogP contribution in [0.4, 0.5) is 10.1 Å². The molecule has 0 saturated heterocycles. The number of anilines is 1. The number of ketones is 1. The fraction of sp³-hybridized carbons (Fsp3) is 0.417. The molecule has 0 fully saturated rings. The van der Waals surface area contributed by atoms with E-state index >= 15 is 0 Å². The fourth-order valence-corrected chi connectivity index (χ4v) is 3.94. The van der Waals surface area contributed by atoms with Crippen molar-refractivity contribution in [2.75, 3.05) is 5.32 Å². The number of nitrogens with zero attached hydrogens (tertiary/aromatic N) is 1. The van der Waals surface area contributed by atoms with Gasteiger partial charge in [0.2, 0.25) is 0 Å². The van der Waals surface area contributed by atoms with Crippen LogP contribution in [0.5, 0.6) is 0 Å². The number of halogens is 1. The third kappa shape index (κ3) is 5.13. The van der Waals surface area contributed by atoms with Crippen LogP contribution in [-0.2, 0) is 22.6 Å². The van der Waals surface area contributed by atoms with Crippen molar-refractivity contribution in [3.63, 3.8) is 0 Å². The lowest BCUT2D eigenvalue weighted by Crippen LogP contribution is -2.51. The average molecular weight is 458 g/mol. The van der Waals surface area contributed by atoms with Crippen molar-refractivity contribution in [3.05, 3.63) is 52.6 Å². The van der Waals surface area contributed by atoms with Gasteiger partial charge in [0.15, 0.2) is 0 Å². The summed E-state index contributed by atoms with van der Waals surface area (Å²) in [5.41, 5.74) is 0.929. The molecule has 9 heteroatoms. The normalized spacial score (nSPS) is 14.2. The van der Waals surface area contributed by atoms with Crippen molar-refractivity contribution in [1.82, 2.24) is 9.88 Å². The molecule has 0 aliphatic carbocycles. The van der Waals surface area contributed by atoms with Crippen molar-refractivity contribution in [2.45, 2.75) is 59.5 Å². The minimum Gasteiger partial charge on any atom is -0.480 e. The minimum absolute atomic E-state index is 0.0423. The van der Waals surface area contributed by atoms with E-state index in [-0.39, 0.29) is 17.1 Å². The number of hydrogen-bond acceptors (Lipinski definition) is 4. The molecule has 1 atom stereocenters. The zero-order valence-electron chi connectivity index (χ0n) is 19.1. The molecule has 0 spiro atoms. The van der Waals surface area contributed by atoms with E-state index < -0.39 is 35.0 Å². The van der Waals surface area contributed by atoms with Crippen LogP contribution in [0.3, 0.4) is 0 Å². The van der Waals surface area contributed by atoms with E-state index in [2.05, 4.69) is 10.6 Å². The van der Waals surface area contributed by atoms with Crippen molar-refractivity contribution >= 4 is 29.3 Å². The number of carbonyl (C=O) groups is 4. The number of Topliss-reactive ketones (excluding diaryl/α,β-unsaturated/α-hetero) is 1. The van der Waals surface area contributed by atoms with Gasteiger partial charge < -0.3 is 20.3 Å². The first-order valence-corrected chi connectivity index (χ1v) is 10.8. The highest BCUT2D eigenvalue weighted by Gasteiger charge is 2.36. The predicted molar refractivity (Wildman–Crippen MR) is 120 cm³/mol. The monoisotopic (exact) mass is 457 g/mol. The van der Waals surface area contributed by atoms with Gasteiger partial charge in [0.25, 0.3) is 17.6 Å². The van der Waals surface area contributed by atoms with Crippen LogP contribution in [0.25, 0.3) is 0 Å². The van der Waals surface area contributed by atoms with Crippen LogP contribution in [0.2, 0.25) is 0 Å². The molecule has 0 saturated carbocycles. The fourth-order valence-electron chi connectivity index (χ4n) is 3.94. The van der Waals surface area contributed by atoms with Gasteiger partial charge in [-0.05, 0) is 61.4 Å². The third-order valence-electron chi connectivity index (χ3n) is 5.74. The lowest BCUT2D eigenvalue weighted by Gasteiger charge is -2.27. The molecule has 2 amide bonds. The Labute approximate surface area is 191 Å². The Hall–Kier alpha value is -3.49. The van der Waals surface area contributed by atoms with Gasteiger partial charge in [-0.1, -0.05) is 20.8 Å². The molecule has 1 aliphatic heterocycles. The lowest BCUT2D eigenvalue weighted by atomic mass is 9.86. The smallest absolute Gasteiger partial charge is 0.326 e. The molecule has 2 aromatic rings. The zero-order valence-corrected chi connectivity index (χ0v) is 19.1. The molecule has 1 aromatic heterocycles. The van der Waals surface area contributed by atoms with E-state index in [4.69, 9.17) is 0 Å². The Balaban J connectivity index is 1.90. The highest BCUT2D eigenvalue weighted by Crippen LogP contribution is 2.26. The molecule has 2 heterocycles. The van der Waals surface area contributed by atoms with E-state index in [1.54, 1.807) is 32.3 Å². The Morgan fingerprint density at radius 3 is 2.42 bits per heavy atom. The van der Waals surface area contributed by atoms with Gasteiger partial charge in [0.05, 0.1) is 11.3 Å². The van der Waals surface area contributed by atoms with Gasteiger partial charge in [-0.15, -0.1) is 0 Å². The van der Waals surface area contributed by atoms with E-state index in [1.807, 2.05) is 0 Å². The number of aryl methyl sites for hydroxylation is 1. The summed E-state index contributed by atoms with van der Waals surface area (Å²) in [7, 11) is 0. The van der Waals surface area contributed by atoms with Crippen LogP contribution in [0.1, 0.15) is 65.7 Å². The number of rotatable bonds is 6. The summed E-state index contributed by atoms with van der Waals surface area (Å²) >= 11 is 0. The van der Waals surface area contributed by atoms with E-state index in [9.17, 15) is 28.7 Å². The number of amides is 2. The number of carboxylic acid groups (broad SMARTS) is 1. The second kappa shape index (κ2) is 9.17. The van der Waals surface area contributed by atoms with Crippen molar-refractivity contribution in [3.8, 4) is 0 Å². The van der Waals surface area contributed by atoms with Crippen molar-refractivity contribution in [1.29, 1.82) is 0 Å². The molecule has 1 aliphatic rings. The first kappa shape index (κ1) is 24.2. The molecule has 8 nitrogen and oxygen atoms in total. The van der Waals surface area contributed by atoms with Gasteiger partial charge >= 0.3 is 5.97 Å². The summed E-state index contributed by atoms with van der Waals surface area (Å²) < 4.78 is 15.2. The lowest BCUT2D eigenvalue weighted by molar-refractivity contribution is -0.144.